The van der Waals surface area contributed by atoms with Crippen LogP contribution in [-0.2, 0) is 23.8 Å². The molecule has 3 rings (SSSR count). The van der Waals surface area contributed by atoms with Gasteiger partial charge in [0.2, 0.25) is 0 Å². The number of rotatable bonds is 3. The minimum atomic E-state index is -0.623. The highest BCUT2D eigenvalue weighted by atomic mass is 16.5. The summed E-state index contributed by atoms with van der Waals surface area (Å²) in [5.74, 6) is 0.110. The lowest BCUT2D eigenvalue weighted by molar-refractivity contribution is -0.139. The summed E-state index contributed by atoms with van der Waals surface area (Å²) in [6, 6.07) is 9.39. The number of benzene rings is 1. The first-order valence-corrected chi connectivity index (χ1v) is 7.98. The summed E-state index contributed by atoms with van der Waals surface area (Å²) in [5, 5.41) is 0. The standard InChI is InChI=1S/C19H20O5/c1-4-22-17(20)14-10-19(3)11-23-18(21)15(19)16(24-12(14)2)13-8-6-5-7-9-13/h5-9H,4,10-11H2,1-3H3. The zero-order chi connectivity index (χ0) is 17.3. The number of cyclic esters (lactones) is 1. The fourth-order valence-corrected chi connectivity index (χ4v) is 3.13. The molecule has 1 saturated heterocycles. The van der Waals surface area contributed by atoms with E-state index >= 15 is 0 Å². The molecule has 0 aromatic heterocycles. The smallest absolute Gasteiger partial charge is 0.338 e. The molecule has 0 amide bonds. The maximum Gasteiger partial charge on any atom is 0.338 e. The van der Waals surface area contributed by atoms with Crippen molar-refractivity contribution in [2.45, 2.75) is 27.2 Å². The van der Waals surface area contributed by atoms with E-state index in [1.54, 1.807) is 13.8 Å². The largest absolute Gasteiger partial charge is 0.463 e. The van der Waals surface area contributed by atoms with Gasteiger partial charge in [-0.05, 0) is 20.3 Å². The quantitative estimate of drug-likeness (QED) is 0.797. The van der Waals surface area contributed by atoms with Crippen molar-refractivity contribution in [1.29, 1.82) is 0 Å². The highest BCUT2D eigenvalue weighted by Gasteiger charge is 2.48. The predicted octanol–water partition coefficient (Wildman–Crippen LogP) is 3.22. The van der Waals surface area contributed by atoms with Crippen molar-refractivity contribution in [1.82, 2.24) is 0 Å². The molecular weight excluding hydrogens is 308 g/mol. The highest BCUT2D eigenvalue weighted by molar-refractivity contribution is 6.01. The third-order valence-corrected chi connectivity index (χ3v) is 4.36. The molecule has 0 radical (unpaired) electrons. The zero-order valence-corrected chi connectivity index (χ0v) is 14.0. The van der Waals surface area contributed by atoms with E-state index in [1.165, 1.54) is 0 Å². The Bertz CT molecular complexity index is 744. The molecule has 5 nitrogen and oxygen atoms in total. The van der Waals surface area contributed by atoms with Crippen LogP contribution in [0.4, 0.5) is 0 Å². The average molecular weight is 328 g/mol. The Kier molecular flexibility index (Phi) is 4.18. The Morgan fingerprint density at radius 1 is 1.29 bits per heavy atom. The second-order valence-corrected chi connectivity index (χ2v) is 6.24. The summed E-state index contributed by atoms with van der Waals surface area (Å²) in [7, 11) is 0. The lowest BCUT2D eigenvalue weighted by atomic mass is 9.78. The first kappa shape index (κ1) is 16.3. The average Bonchev–Trinajstić information content (AvgIpc) is 2.79. The third-order valence-electron chi connectivity index (χ3n) is 4.36. The molecule has 0 saturated carbocycles. The molecule has 1 atom stereocenters. The third kappa shape index (κ3) is 2.70. The molecule has 0 bridgehead atoms. The lowest BCUT2D eigenvalue weighted by Crippen LogP contribution is -2.23. The van der Waals surface area contributed by atoms with Gasteiger partial charge in [0.05, 0.1) is 17.8 Å². The predicted molar refractivity (Wildman–Crippen MR) is 87.5 cm³/mol. The summed E-state index contributed by atoms with van der Waals surface area (Å²) in [5.41, 5.74) is 1.08. The second-order valence-electron chi connectivity index (χ2n) is 6.24. The van der Waals surface area contributed by atoms with E-state index in [1.807, 2.05) is 37.3 Å². The first-order chi connectivity index (χ1) is 11.5. The van der Waals surface area contributed by atoms with Crippen molar-refractivity contribution in [3.8, 4) is 0 Å². The van der Waals surface area contributed by atoms with Crippen LogP contribution in [0.25, 0.3) is 5.76 Å². The van der Waals surface area contributed by atoms with Gasteiger partial charge in [-0.2, -0.15) is 0 Å². The van der Waals surface area contributed by atoms with Crippen molar-refractivity contribution in [3.05, 3.63) is 52.8 Å². The van der Waals surface area contributed by atoms with Gasteiger partial charge in [0.15, 0.2) is 0 Å². The van der Waals surface area contributed by atoms with Gasteiger partial charge < -0.3 is 14.2 Å². The maximum atomic E-state index is 12.4. The van der Waals surface area contributed by atoms with Crippen LogP contribution in [0, 0.1) is 5.41 Å². The zero-order valence-electron chi connectivity index (χ0n) is 14.0. The van der Waals surface area contributed by atoms with Gasteiger partial charge in [0.1, 0.15) is 18.1 Å². The Morgan fingerprint density at radius 2 is 2.00 bits per heavy atom. The van der Waals surface area contributed by atoms with Crippen molar-refractivity contribution in [2.24, 2.45) is 5.41 Å². The van der Waals surface area contributed by atoms with E-state index < -0.39 is 17.4 Å². The monoisotopic (exact) mass is 328 g/mol. The van der Waals surface area contributed by atoms with Crippen LogP contribution < -0.4 is 0 Å². The Labute approximate surface area is 140 Å². The number of esters is 2. The van der Waals surface area contributed by atoms with Crippen molar-refractivity contribution in [2.75, 3.05) is 13.2 Å². The van der Waals surface area contributed by atoms with Gasteiger partial charge in [0, 0.05) is 11.0 Å². The van der Waals surface area contributed by atoms with Crippen LogP contribution in [-0.4, -0.2) is 25.2 Å². The minimum Gasteiger partial charge on any atom is -0.463 e. The van der Waals surface area contributed by atoms with E-state index in [4.69, 9.17) is 14.2 Å². The van der Waals surface area contributed by atoms with Crippen molar-refractivity contribution in [3.63, 3.8) is 0 Å². The normalized spacial score (nSPS) is 23.4. The fourth-order valence-electron chi connectivity index (χ4n) is 3.13. The van der Waals surface area contributed by atoms with Crippen LogP contribution in [0.5, 0.6) is 0 Å². The SMILES string of the molecule is CCOC(=O)C1=C(C)OC(c2ccccc2)=C2C(=O)OCC2(C)C1. The molecule has 24 heavy (non-hydrogen) atoms. The summed E-state index contributed by atoms with van der Waals surface area (Å²) in [6.45, 7) is 5.90. The molecule has 1 aromatic rings. The van der Waals surface area contributed by atoms with Crippen LogP contribution in [0.15, 0.2) is 47.2 Å². The van der Waals surface area contributed by atoms with E-state index in [9.17, 15) is 9.59 Å². The van der Waals surface area contributed by atoms with E-state index in [0.717, 1.165) is 5.56 Å². The number of ether oxygens (including phenoxy) is 3. The molecule has 1 aromatic carbocycles. The summed E-state index contributed by atoms with van der Waals surface area (Å²) in [6.07, 6.45) is 0.342. The molecule has 2 aliphatic rings. The topological polar surface area (TPSA) is 61.8 Å². The summed E-state index contributed by atoms with van der Waals surface area (Å²) < 4.78 is 16.4. The van der Waals surface area contributed by atoms with Gasteiger partial charge in [-0.25, -0.2) is 9.59 Å². The van der Waals surface area contributed by atoms with Crippen LogP contribution >= 0.6 is 0 Å². The minimum absolute atomic E-state index is 0.219. The molecule has 0 spiro atoms. The first-order valence-electron chi connectivity index (χ1n) is 7.98. The van der Waals surface area contributed by atoms with Gasteiger partial charge in [0.25, 0.3) is 0 Å². The Balaban J connectivity index is 2.14. The lowest BCUT2D eigenvalue weighted by Gasteiger charge is -2.21. The van der Waals surface area contributed by atoms with Crippen LogP contribution in [0.3, 0.4) is 0 Å². The Morgan fingerprint density at radius 3 is 2.67 bits per heavy atom. The number of fused-ring (bicyclic) bond motifs is 1. The van der Waals surface area contributed by atoms with Crippen LogP contribution in [0.1, 0.15) is 32.8 Å². The van der Waals surface area contributed by atoms with E-state index in [-0.39, 0.29) is 13.2 Å². The molecule has 126 valence electrons. The molecule has 1 fully saturated rings. The Hall–Kier alpha value is -2.56. The summed E-state index contributed by atoms with van der Waals surface area (Å²) >= 11 is 0. The van der Waals surface area contributed by atoms with Crippen molar-refractivity contribution >= 4 is 17.7 Å². The molecular formula is C19H20O5. The molecule has 0 N–H and O–H groups in total. The molecule has 2 aliphatic heterocycles. The number of hydrogen-bond acceptors (Lipinski definition) is 5. The van der Waals surface area contributed by atoms with E-state index in [0.29, 0.717) is 29.1 Å². The fraction of sp³-hybridized carbons (Fsp3) is 0.368. The summed E-state index contributed by atoms with van der Waals surface area (Å²) in [4.78, 5) is 24.7. The molecule has 0 aliphatic carbocycles. The number of carbonyl (C=O) groups excluding carboxylic acids is 2. The van der Waals surface area contributed by atoms with Gasteiger partial charge in [-0.15, -0.1) is 0 Å². The second kappa shape index (κ2) is 6.15. The number of carbonyl (C=O) groups is 2. The molecule has 5 heteroatoms. The van der Waals surface area contributed by atoms with Gasteiger partial charge in [-0.3, -0.25) is 0 Å². The number of hydrogen-bond donors (Lipinski definition) is 0. The maximum absolute atomic E-state index is 12.4. The van der Waals surface area contributed by atoms with Crippen molar-refractivity contribution < 1.29 is 23.8 Å². The van der Waals surface area contributed by atoms with Crippen LogP contribution in [0.2, 0.25) is 0 Å². The van der Waals surface area contributed by atoms with Gasteiger partial charge in [-0.1, -0.05) is 37.3 Å². The molecule has 2 heterocycles. The molecule has 1 unspecified atom stereocenters. The van der Waals surface area contributed by atoms with Gasteiger partial charge >= 0.3 is 11.9 Å². The number of allylic oxidation sites excluding steroid dienone is 1. The van der Waals surface area contributed by atoms with E-state index in [2.05, 4.69) is 0 Å². The highest BCUT2D eigenvalue weighted by Crippen LogP contribution is 2.47.